The molecule has 1 unspecified atom stereocenters. The van der Waals surface area contributed by atoms with Crippen LogP contribution < -0.4 is 4.74 Å². The summed E-state index contributed by atoms with van der Waals surface area (Å²) >= 11 is 0. The number of benzene rings is 1. The monoisotopic (exact) mass is 352 g/mol. The van der Waals surface area contributed by atoms with Crippen LogP contribution in [0.2, 0.25) is 0 Å². The van der Waals surface area contributed by atoms with Crippen LogP contribution in [-0.2, 0) is 16.1 Å². The van der Waals surface area contributed by atoms with Gasteiger partial charge in [-0.15, -0.1) is 0 Å². The van der Waals surface area contributed by atoms with E-state index >= 15 is 0 Å². The SMILES string of the molecule is CCC(=O)C1=C(O)C(=O)N(Cc2ccncc2)C1c1cccc(OC)c1. The lowest BCUT2D eigenvalue weighted by Crippen LogP contribution is -2.30. The van der Waals surface area contributed by atoms with Crippen LogP contribution in [-0.4, -0.2) is 33.8 Å². The Morgan fingerprint density at radius 3 is 2.65 bits per heavy atom. The number of hydrogen-bond acceptors (Lipinski definition) is 5. The van der Waals surface area contributed by atoms with E-state index in [2.05, 4.69) is 4.98 Å². The number of aliphatic hydroxyl groups is 1. The topological polar surface area (TPSA) is 79.7 Å². The molecule has 1 aliphatic heterocycles. The van der Waals surface area contributed by atoms with Crippen LogP contribution in [0.15, 0.2) is 60.1 Å². The van der Waals surface area contributed by atoms with Crippen LogP contribution >= 0.6 is 0 Å². The summed E-state index contributed by atoms with van der Waals surface area (Å²) in [7, 11) is 1.55. The Kier molecular flexibility index (Phi) is 5.02. The number of nitrogens with zero attached hydrogens (tertiary/aromatic N) is 2. The fourth-order valence-corrected chi connectivity index (χ4v) is 3.14. The average Bonchev–Trinajstić information content (AvgIpc) is 2.93. The molecule has 134 valence electrons. The number of methoxy groups -OCH3 is 1. The Balaban J connectivity index is 2.07. The van der Waals surface area contributed by atoms with E-state index in [0.717, 1.165) is 5.56 Å². The zero-order valence-electron chi connectivity index (χ0n) is 14.7. The van der Waals surface area contributed by atoms with Gasteiger partial charge in [0.05, 0.1) is 18.7 Å². The Bertz CT molecular complexity index is 861. The van der Waals surface area contributed by atoms with Crippen molar-refractivity contribution in [3.63, 3.8) is 0 Å². The largest absolute Gasteiger partial charge is 0.503 e. The number of carbonyl (C=O) groups is 2. The summed E-state index contributed by atoms with van der Waals surface area (Å²) < 4.78 is 5.27. The van der Waals surface area contributed by atoms with E-state index in [9.17, 15) is 14.7 Å². The highest BCUT2D eigenvalue weighted by molar-refractivity contribution is 6.08. The molecule has 26 heavy (non-hydrogen) atoms. The molecule has 6 heteroatoms. The molecule has 6 nitrogen and oxygen atoms in total. The molecule has 0 aliphatic carbocycles. The van der Waals surface area contributed by atoms with Gasteiger partial charge in [0.25, 0.3) is 5.91 Å². The molecule has 2 aromatic rings. The van der Waals surface area contributed by atoms with Gasteiger partial charge in [-0.2, -0.15) is 0 Å². The summed E-state index contributed by atoms with van der Waals surface area (Å²) in [6.07, 6.45) is 3.49. The molecule has 2 heterocycles. The first-order valence-electron chi connectivity index (χ1n) is 8.37. The summed E-state index contributed by atoms with van der Waals surface area (Å²) in [6.45, 7) is 1.97. The number of aromatic nitrogens is 1. The minimum Gasteiger partial charge on any atom is -0.503 e. The highest BCUT2D eigenvalue weighted by Gasteiger charge is 2.42. The first kappa shape index (κ1) is 17.7. The molecular formula is C20H20N2O4. The van der Waals surface area contributed by atoms with Crippen LogP contribution in [0.25, 0.3) is 0 Å². The maximum Gasteiger partial charge on any atom is 0.290 e. The highest BCUT2D eigenvalue weighted by atomic mass is 16.5. The Morgan fingerprint density at radius 1 is 1.27 bits per heavy atom. The highest BCUT2D eigenvalue weighted by Crippen LogP contribution is 2.39. The van der Waals surface area contributed by atoms with E-state index < -0.39 is 17.7 Å². The van der Waals surface area contributed by atoms with Crippen LogP contribution in [0, 0.1) is 0 Å². The van der Waals surface area contributed by atoms with Gasteiger partial charge in [-0.05, 0) is 35.4 Å². The maximum atomic E-state index is 12.7. The van der Waals surface area contributed by atoms with Gasteiger partial charge < -0.3 is 14.7 Å². The third kappa shape index (κ3) is 3.18. The van der Waals surface area contributed by atoms with Gasteiger partial charge in [0.1, 0.15) is 5.75 Å². The smallest absolute Gasteiger partial charge is 0.290 e. The molecular weight excluding hydrogens is 332 g/mol. The van der Waals surface area contributed by atoms with E-state index in [1.54, 1.807) is 56.8 Å². The molecule has 0 bridgehead atoms. The molecule has 1 amide bonds. The van der Waals surface area contributed by atoms with E-state index in [0.29, 0.717) is 11.3 Å². The second-order valence-electron chi connectivity index (χ2n) is 6.01. The summed E-state index contributed by atoms with van der Waals surface area (Å²) in [5.74, 6) is -0.653. The Morgan fingerprint density at radius 2 is 2.00 bits per heavy atom. The molecule has 0 saturated heterocycles. The Hall–Kier alpha value is -3.15. The van der Waals surface area contributed by atoms with Gasteiger partial charge in [0, 0.05) is 25.4 Å². The van der Waals surface area contributed by atoms with Crippen LogP contribution in [0.3, 0.4) is 0 Å². The summed E-state index contributed by atoms with van der Waals surface area (Å²) in [5.41, 5.74) is 1.71. The van der Waals surface area contributed by atoms with Crippen molar-refractivity contribution in [2.75, 3.05) is 7.11 Å². The van der Waals surface area contributed by atoms with Gasteiger partial charge in [-0.25, -0.2) is 0 Å². The maximum absolute atomic E-state index is 12.7. The number of Topliss-reactive ketones (excluding diaryl/α,β-unsaturated/α-hetero) is 1. The second-order valence-corrected chi connectivity index (χ2v) is 6.01. The molecule has 0 spiro atoms. The van der Waals surface area contributed by atoms with Crippen molar-refractivity contribution in [3.8, 4) is 5.75 Å². The molecule has 1 aromatic carbocycles. The number of ketones is 1. The number of pyridine rings is 1. The van der Waals surface area contributed by atoms with Crippen LogP contribution in [0.4, 0.5) is 0 Å². The van der Waals surface area contributed by atoms with E-state index in [4.69, 9.17) is 4.74 Å². The van der Waals surface area contributed by atoms with Gasteiger partial charge in [0.2, 0.25) is 0 Å². The summed E-state index contributed by atoms with van der Waals surface area (Å²) in [5, 5.41) is 10.4. The van der Waals surface area contributed by atoms with E-state index in [1.807, 2.05) is 6.07 Å². The molecule has 0 fully saturated rings. The molecule has 3 rings (SSSR count). The Labute approximate surface area is 151 Å². The predicted octanol–water partition coefficient (Wildman–Crippen LogP) is 2.96. The van der Waals surface area contributed by atoms with Gasteiger partial charge in [-0.1, -0.05) is 19.1 Å². The summed E-state index contributed by atoms with van der Waals surface area (Å²) in [4.78, 5) is 30.6. The van der Waals surface area contributed by atoms with Crippen molar-refractivity contribution in [2.24, 2.45) is 0 Å². The standard InChI is InChI=1S/C20H20N2O4/c1-3-16(23)17-18(14-5-4-6-15(11-14)26-2)22(20(25)19(17)24)12-13-7-9-21-10-8-13/h4-11,18,24H,3,12H2,1-2H3. The van der Waals surface area contributed by atoms with E-state index in [1.165, 1.54) is 4.90 Å². The van der Waals surface area contributed by atoms with Crippen LogP contribution in [0.1, 0.15) is 30.5 Å². The summed E-state index contributed by atoms with van der Waals surface area (Å²) in [6, 6.07) is 10.1. The second kappa shape index (κ2) is 7.39. The van der Waals surface area contributed by atoms with Crippen molar-refractivity contribution in [2.45, 2.75) is 25.9 Å². The predicted molar refractivity (Wildman–Crippen MR) is 95.5 cm³/mol. The van der Waals surface area contributed by atoms with Crippen molar-refractivity contribution in [1.29, 1.82) is 0 Å². The third-order valence-corrected chi connectivity index (χ3v) is 4.44. The molecule has 1 aromatic heterocycles. The van der Waals surface area contributed by atoms with Gasteiger partial charge >= 0.3 is 0 Å². The number of carbonyl (C=O) groups excluding carboxylic acids is 2. The number of hydrogen-bond donors (Lipinski definition) is 1. The molecule has 0 radical (unpaired) electrons. The van der Waals surface area contributed by atoms with E-state index in [-0.39, 0.29) is 24.3 Å². The van der Waals surface area contributed by atoms with Crippen molar-refractivity contribution in [1.82, 2.24) is 9.88 Å². The fourth-order valence-electron chi connectivity index (χ4n) is 3.14. The normalized spacial score (nSPS) is 16.9. The molecule has 1 aliphatic rings. The van der Waals surface area contributed by atoms with Crippen molar-refractivity contribution in [3.05, 3.63) is 71.3 Å². The van der Waals surface area contributed by atoms with Crippen molar-refractivity contribution < 1.29 is 19.4 Å². The average molecular weight is 352 g/mol. The lowest BCUT2D eigenvalue weighted by atomic mass is 9.94. The third-order valence-electron chi connectivity index (χ3n) is 4.44. The number of ether oxygens (including phenoxy) is 1. The first-order valence-corrected chi connectivity index (χ1v) is 8.37. The molecule has 0 saturated carbocycles. The van der Waals surface area contributed by atoms with Crippen LogP contribution in [0.5, 0.6) is 5.75 Å². The molecule has 1 atom stereocenters. The number of rotatable bonds is 6. The minimum absolute atomic E-state index is 0.139. The number of aliphatic hydroxyl groups excluding tert-OH is 1. The molecule has 1 N–H and O–H groups in total. The number of amides is 1. The van der Waals surface area contributed by atoms with Crippen molar-refractivity contribution >= 4 is 11.7 Å². The van der Waals surface area contributed by atoms with Gasteiger partial charge in [-0.3, -0.25) is 14.6 Å². The lowest BCUT2D eigenvalue weighted by Gasteiger charge is -2.27. The first-order chi connectivity index (χ1) is 12.6. The lowest BCUT2D eigenvalue weighted by molar-refractivity contribution is -0.130. The van der Waals surface area contributed by atoms with Gasteiger partial charge in [0.15, 0.2) is 11.5 Å². The zero-order chi connectivity index (χ0) is 18.7. The minimum atomic E-state index is -0.654. The fraction of sp³-hybridized carbons (Fsp3) is 0.250. The quantitative estimate of drug-likeness (QED) is 0.864. The zero-order valence-corrected chi connectivity index (χ0v) is 14.7.